The van der Waals surface area contributed by atoms with Crippen molar-refractivity contribution in [3.63, 3.8) is 0 Å². The summed E-state index contributed by atoms with van der Waals surface area (Å²) < 4.78 is 51.6. The van der Waals surface area contributed by atoms with E-state index in [0.717, 1.165) is 12.8 Å². The molecule has 0 aromatic carbocycles. The van der Waals surface area contributed by atoms with E-state index in [1.807, 2.05) is 6.92 Å². The summed E-state index contributed by atoms with van der Waals surface area (Å²) in [6, 6.07) is 3.15. The summed E-state index contributed by atoms with van der Waals surface area (Å²) in [6.45, 7) is 1.16. The Morgan fingerprint density at radius 1 is 1.35 bits per heavy atom. The third kappa shape index (κ3) is 4.73. The molecule has 0 saturated heterocycles. The topological polar surface area (TPSA) is 118 Å². The second-order valence-electron chi connectivity index (χ2n) is 8.88. The Hall–Kier alpha value is -3.51. The Morgan fingerprint density at radius 3 is 2.94 bits per heavy atom. The molecule has 2 saturated carbocycles. The van der Waals surface area contributed by atoms with Crippen LogP contribution in [0.4, 0.5) is 29.6 Å². The van der Waals surface area contributed by atoms with Gasteiger partial charge in [0, 0.05) is 41.7 Å². The van der Waals surface area contributed by atoms with Crippen molar-refractivity contribution in [3.8, 4) is 5.88 Å². The Bertz CT molecular complexity index is 1180. The largest absolute Gasteiger partial charge is 0.471 e. The van der Waals surface area contributed by atoms with Crippen molar-refractivity contribution in [2.75, 3.05) is 11.9 Å². The number of alkyl halides is 3. The van der Waals surface area contributed by atoms with E-state index < -0.39 is 37.3 Å². The number of aromatic nitrogens is 5. The molecule has 5 rings (SSSR count). The van der Waals surface area contributed by atoms with Crippen LogP contribution in [0.3, 0.4) is 0 Å². The number of nitrogens with one attached hydrogen (secondary N) is 3. The second-order valence-corrected chi connectivity index (χ2v) is 8.88. The van der Waals surface area contributed by atoms with Crippen LogP contribution in [0.15, 0.2) is 24.5 Å². The van der Waals surface area contributed by atoms with E-state index >= 15 is 4.39 Å². The summed E-state index contributed by atoms with van der Waals surface area (Å²) in [6.07, 6.45) is 0.353. The average Bonchev–Trinajstić information content (AvgIpc) is 3.15. The standard InChI is InChI=1S/C21H24F3N7O3/c1-21(4-5-21)27-20(32)34-14-3-2-11(18(14)24)12-8-16(29-28-12)26-19-13-9-17(33-10-15(22)23)30-31(13)7-6-25-19/h6-9,11,14-15,18H,2-5,10H2,1H3,(H,27,32)(H2,25,26,28,29)/t11-,14-,18+/m1/s1. The summed E-state index contributed by atoms with van der Waals surface area (Å²) in [4.78, 5) is 16.3. The number of hydrogen-bond donors (Lipinski definition) is 3. The number of carbonyl (C=O) groups excluding carboxylic acids is 1. The first kappa shape index (κ1) is 22.3. The number of halogens is 3. The highest BCUT2D eigenvalue weighted by Crippen LogP contribution is 2.39. The van der Waals surface area contributed by atoms with E-state index in [1.165, 1.54) is 16.8 Å². The minimum atomic E-state index is -2.61. The van der Waals surface area contributed by atoms with E-state index in [9.17, 15) is 13.6 Å². The van der Waals surface area contributed by atoms with Crippen LogP contribution in [0.5, 0.6) is 5.88 Å². The number of fused-ring (bicyclic) bond motifs is 1. The normalized spacial score (nSPS) is 23.3. The predicted molar refractivity (Wildman–Crippen MR) is 114 cm³/mol. The quantitative estimate of drug-likeness (QED) is 0.451. The van der Waals surface area contributed by atoms with Gasteiger partial charge in [-0.2, -0.15) is 5.10 Å². The fourth-order valence-electron chi connectivity index (χ4n) is 4.02. The highest BCUT2D eigenvalue weighted by Gasteiger charge is 2.43. The number of alkyl carbamates (subject to hydrolysis) is 1. The molecule has 3 atom stereocenters. The maximum atomic E-state index is 15.1. The van der Waals surface area contributed by atoms with Crippen LogP contribution in [0.25, 0.3) is 5.52 Å². The zero-order valence-electron chi connectivity index (χ0n) is 18.3. The SMILES string of the molecule is CC1(NC(=O)O[C@@H]2CC[C@H](c3cc(Nc4nccn5nc(OCC(F)F)cc45)n[nH]3)[C@@H]2F)CC1. The van der Waals surface area contributed by atoms with Gasteiger partial charge in [-0.05, 0) is 32.6 Å². The van der Waals surface area contributed by atoms with Crippen molar-refractivity contribution in [2.45, 2.75) is 62.8 Å². The zero-order valence-corrected chi connectivity index (χ0v) is 18.3. The highest BCUT2D eigenvalue weighted by atomic mass is 19.3. The fourth-order valence-corrected chi connectivity index (χ4v) is 4.02. The number of hydrogen-bond acceptors (Lipinski definition) is 7. The van der Waals surface area contributed by atoms with E-state index in [-0.39, 0.29) is 11.4 Å². The van der Waals surface area contributed by atoms with Gasteiger partial charge in [0.15, 0.2) is 18.2 Å². The Balaban J connectivity index is 1.24. The van der Waals surface area contributed by atoms with Gasteiger partial charge in [-0.1, -0.05) is 0 Å². The van der Waals surface area contributed by atoms with Gasteiger partial charge in [0.05, 0.1) is 0 Å². The number of rotatable bonds is 8. The summed E-state index contributed by atoms with van der Waals surface area (Å²) in [5.74, 6) is 0.305. The first-order chi connectivity index (χ1) is 16.3. The van der Waals surface area contributed by atoms with Crippen molar-refractivity contribution in [3.05, 3.63) is 30.2 Å². The molecule has 34 heavy (non-hydrogen) atoms. The third-order valence-corrected chi connectivity index (χ3v) is 6.13. The monoisotopic (exact) mass is 479 g/mol. The van der Waals surface area contributed by atoms with Gasteiger partial charge < -0.3 is 20.1 Å². The number of aromatic amines is 1. The molecule has 0 radical (unpaired) electrons. The number of ether oxygens (including phenoxy) is 2. The van der Waals surface area contributed by atoms with Gasteiger partial charge in [-0.15, -0.1) is 5.10 Å². The lowest BCUT2D eigenvalue weighted by molar-refractivity contribution is 0.0546. The van der Waals surface area contributed by atoms with Gasteiger partial charge >= 0.3 is 6.09 Å². The molecule has 3 aromatic heterocycles. The van der Waals surface area contributed by atoms with Gasteiger partial charge in [-0.3, -0.25) is 5.10 Å². The molecule has 2 aliphatic carbocycles. The van der Waals surface area contributed by atoms with Crippen molar-refractivity contribution in [1.29, 1.82) is 0 Å². The summed E-state index contributed by atoms with van der Waals surface area (Å²) in [7, 11) is 0. The molecular formula is C21H24F3N7O3. The van der Waals surface area contributed by atoms with Gasteiger partial charge in [0.1, 0.15) is 17.8 Å². The molecule has 0 bridgehead atoms. The average molecular weight is 479 g/mol. The highest BCUT2D eigenvalue weighted by molar-refractivity contribution is 5.73. The number of anilines is 2. The molecule has 3 heterocycles. The molecule has 10 nitrogen and oxygen atoms in total. The van der Waals surface area contributed by atoms with Gasteiger partial charge in [0.25, 0.3) is 6.43 Å². The maximum absolute atomic E-state index is 15.1. The van der Waals surface area contributed by atoms with Crippen LogP contribution in [-0.2, 0) is 4.74 Å². The molecule has 2 aliphatic rings. The van der Waals surface area contributed by atoms with Crippen LogP contribution in [0, 0.1) is 0 Å². The third-order valence-electron chi connectivity index (χ3n) is 6.13. The number of carbonyl (C=O) groups is 1. The smallest absolute Gasteiger partial charge is 0.407 e. The molecule has 1 amide bonds. The van der Waals surface area contributed by atoms with Crippen molar-refractivity contribution in [2.24, 2.45) is 0 Å². The lowest BCUT2D eigenvalue weighted by atomic mass is 10.0. The van der Waals surface area contributed by atoms with Crippen LogP contribution >= 0.6 is 0 Å². The van der Waals surface area contributed by atoms with Crippen LogP contribution in [0.2, 0.25) is 0 Å². The molecule has 3 aromatic rings. The van der Waals surface area contributed by atoms with Crippen molar-refractivity contribution >= 4 is 23.2 Å². The lowest BCUT2D eigenvalue weighted by Crippen LogP contribution is -2.38. The van der Waals surface area contributed by atoms with Crippen molar-refractivity contribution < 1.29 is 27.4 Å². The Labute approximate surface area is 192 Å². The molecule has 182 valence electrons. The second kappa shape index (κ2) is 8.69. The van der Waals surface area contributed by atoms with E-state index in [0.29, 0.717) is 35.7 Å². The van der Waals surface area contributed by atoms with E-state index in [1.54, 1.807) is 12.3 Å². The molecule has 0 spiro atoms. The van der Waals surface area contributed by atoms with Crippen molar-refractivity contribution in [1.82, 2.24) is 30.1 Å². The number of nitrogens with zero attached hydrogens (tertiary/aromatic N) is 4. The summed E-state index contributed by atoms with van der Waals surface area (Å²) in [5, 5.41) is 16.9. The summed E-state index contributed by atoms with van der Waals surface area (Å²) in [5.41, 5.74) is 0.828. The summed E-state index contributed by atoms with van der Waals surface area (Å²) >= 11 is 0. The molecule has 0 unspecified atom stereocenters. The molecule has 0 aliphatic heterocycles. The predicted octanol–water partition coefficient (Wildman–Crippen LogP) is 3.70. The maximum Gasteiger partial charge on any atom is 0.407 e. The van der Waals surface area contributed by atoms with E-state index in [4.69, 9.17) is 9.47 Å². The molecule has 3 N–H and O–H groups in total. The van der Waals surface area contributed by atoms with E-state index in [2.05, 4.69) is 30.9 Å². The number of amides is 1. The lowest BCUT2D eigenvalue weighted by Gasteiger charge is -2.19. The Morgan fingerprint density at radius 2 is 2.18 bits per heavy atom. The van der Waals surface area contributed by atoms with Gasteiger partial charge in [-0.25, -0.2) is 27.5 Å². The van der Waals surface area contributed by atoms with Gasteiger partial charge in [0.2, 0.25) is 5.88 Å². The van der Waals surface area contributed by atoms with Crippen LogP contribution < -0.4 is 15.4 Å². The Kier molecular flexibility index (Phi) is 5.70. The minimum absolute atomic E-state index is 0.0380. The number of H-pyrrole nitrogens is 1. The van der Waals surface area contributed by atoms with Crippen LogP contribution in [-0.4, -0.2) is 61.7 Å². The zero-order chi connectivity index (χ0) is 23.9. The molecule has 13 heteroatoms. The first-order valence-electron chi connectivity index (χ1n) is 11.0. The van der Waals surface area contributed by atoms with Crippen LogP contribution in [0.1, 0.15) is 44.2 Å². The first-order valence-corrected chi connectivity index (χ1v) is 11.0. The molecular weight excluding hydrogens is 455 g/mol. The fraction of sp³-hybridized carbons (Fsp3) is 0.524. The minimum Gasteiger partial charge on any atom is -0.471 e. The molecule has 2 fully saturated rings.